The fourth-order valence-electron chi connectivity index (χ4n) is 2.01. The first-order chi connectivity index (χ1) is 8.99. The van der Waals surface area contributed by atoms with Gasteiger partial charge in [-0.2, -0.15) is 0 Å². The van der Waals surface area contributed by atoms with Gasteiger partial charge < -0.3 is 22.1 Å². The lowest BCUT2D eigenvalue weighted by Crippen LogP contribution is -2.44. The number of anilines is 2. The molecule has 102 valence electrons. The van der Waals surface area contributed by atoms with Crippen LogP contribution in [0.5, 0.6) is 0 Å². The lowest BCUT2D eigenvalue weighted by molar-refractivity contribution is -0.123. The molecule has 19 heavy (non-hydrogen) atoms. The molecule has 1 aromatic carbocycles. The second-order valence-electron chi connectivity index (χ2n) is 4.41. The lowest BCUT2D eigenvalue weighted by Gasteiger charge is -2.24. The first kappa shape index (κ1) is 13.7. The summed E-state index contributed by atoms with van der Waals surface area (Å²) in [6.45, 7) is 0.701. The Labute approximate surface area is 119 Å². The van der Waals surface area contributed by atoms with Gasteiger partial charge in [-0.25, -0.2) is 0 Å². The smallest absolute Gasteiger partial charge is 0.250 e. The van der Waals surface area contributed by atoms with Crippen molar-refractivity contribution in [2.24, 2.45) is 5.73 Å². The van der Waals surface area contributed by atoms with E-state index in [2.05, 4.69) is 26.6 Å². The van der Waals surface area contributed by atoms with Gasteiger partial charge in [0.25, 0.3) is 5.91 Å². The minimum Gasteiger partial charge on any atom is -0.398 e. The van der Waals surface area contributed by atoms with E-state index in [0.29, 0.717) is 22.4 Å². The zero-order valence-electron chi connectivity index (χ0n) is 10.2. The number of amides is 2. The van der Waals surface area contributed by atoms with Crippen LogP contribution in [0.1, 0.15) is 23.2 Å². The monoisotopic (exact) mass is 326 g/mol. The van der Waals surface area contributed by atoms with E-state index in [0.717, 1.165) is 12.8 Å². The SMILES string of the molecule is NC(=O)c1cc(NC2CCCNC2=O)c(Br)cc1N. The summed E-state index contributed by atoms with van der Waals surface area (Å²) in [4.78, 5) is 23.0. The number of nitrogens with two attached hydrogens (primary N) is 2. The topological polar surface area (TPSA) is 110 Å². The Morgan fingerprint density at radius 2 is 2.21 bits per heavy atom. The van der Waals surface area contributed by atoms with Crippen molar-refractivity contribution < 1.29 is 9.59 Å². The number of primary amides is 1. The summed E-state index contributed by atoms with van der Waals surface area (Å²) in [7, 11) is 0. The van der Waals surface area contributed by atoms with E-state index in [4.69, 9.17) is 11.5 Å². The number of hydrogen-bond acceptors (Lipinski definition) is 4. The highest BCUT2D eigenvalue weighted by Gasteiger charge is 2.23. The predicted molar refractivity (Wildman–Crippen MR) is 76.7 cm³/mol. The zero-order chi connectivity index (χ0) is 14.0. The van der Waals surface area contributed by atoms with Crippen LogP contribution >= 0.6 is 15.9 Å². The number of carbonyl (C=O) groups is 2. The molecule has 6 nitrogen and oxygen atoms in total. The number of halogens is 1. The maximum atomic E-state index is 11.7. The summed E-state index contributed by atoms with van der Waals surface area (Å²) in [6.07, 6.45) is 1.66. The molecule has 1 fully saturated rings. The molecule has 1 atom stereocenters. The van der Waals surface area contributed by atoms with Crippen LogP contribution in [0.15, 0.2) is 16.6 Å². The van der Waals surface area contributed by atoms with E-state index in [9.17, 15) is 9.59 Å². The van der Waals surface area contributed by atoms with E-state index in [1.54, 1.807) is 12.1 Å². The molecule has 0 saturated carbocycles. The Balaban J connectivity index is 2.26. The maximum absolute atomic E-state index is 11.7. The second-order valence-corrected chi connectivity index (χ2v) is 5.27. The van der Waals surface area contributed by atoms with E-state index in [1.165, 1.54) is 0 Å². The van der Waals surface area contributed by atoms with Crippen LogP contribution in [0.2, 0.25) is 0 Å². The fourth-order valence-corrected chi connectivity index (χ4v) is 2.49. The molecule has 1 aliphatic rings. The molecule has 0 bridgehead atoms. The number of piperidine rings is 1. The van der Waals surface area contributed by atoms with Gasteiger partial charge in [0.15, 0.2) is 0 Å². The normalized spacial score (nSPS) is 18.8. The predicted octanol–water partition coefficient (Wildman–Crippen LogP) is 0.821. The van der Waals surface area contributed by atoms with E-state index >= 15 is 0 Å². The Kier molecular flexibility index (Phi) is 3.94. The highest BCUT2D eigenvalue weighted by molar-refractivity contribution is 9.10. The summed E-state index contributed by atoms with van der Waals surface area (Å²) in [5.41, 5.74) is 12.1. The molecule has 7 heteroatoms. The summed E-state index contributed by atoms with van der Waals surface area (Å²) in [6, 6.07) is 2.85. The van der Waals surface area contributed by atoms with Crippen molar-refractivity contribution in [1.82, 2.24) is 5.32 Å². The molecule has 1 aromatic rings. The molecule has 0 radical (unpaired) electrons. The molecule has 6 N–H and O–H groups in total. The minimum atomic E-state index is -0.596. The fraction of sp³-hybridized carbons (Fsp3) is 0.333. The Bertz CT molecular complexity index is 533. The van der Waals surface area contributed by atoms with Crippen molar-refractivity contribution in [3.05, 3.63) is 22.2 Å². The van der Waals surface area contributed by atoms with E-state index in [1.807, 2.05) is 0 Å². The number of nitrogens with one attached hydrogen (secondary N) is 2. The van der Waals surface area contributed by atoms with Gasteiger partial charge in [0.2, 0.25) is 5.91 Å². The van der Waals surface area contributed by atoms with Crippen LogP contribution in [-0.2, 0) is 4.79 Å². The Morgan fingerprint density at radius 1 is 1.47 bits per heavy atom. The number of benzene rings is 1. The van der Waals surface area contributed by atoms with Crippen molar-refractivity contribution >= 4 is 39.1 Å². The molecule has 0 aliphatic carbocycles. The van der Waals surface area contributed by atoms with Crippen molar-refractivity contribution in [2.45, 2.75) is 18.9 Å². The van der Waals surface area contributed by atoms with Gasteiger partial charge in [-0.05, 0) is 40.9 Å². The molecule has 1 unspecified atom stereocenters. The van der Waals surface area contributed by atoms with Crippen LogP contribution in [-0.4, -0.2) is 24.4 Å². The molecule has 0 aromatic heterocycles. The Morgan fingerprint density at radius 3 is 2.84 bits per heavy atom. The van der Waals surface area contributed by atoms with Gasteiger partial charge in [0.05, 0.1) is 11.3 Å². The molecule has 2 amide bonds. The summed E-state index contributed by atoms with van der Waals surface area (Å²) < 4.78 is 0.688. The summed E-state index contributed by atoms with van der Waals surface area (Å²) >= 11 is 3.35. The second kappa shape index (κ2) is 5.48. The largest absolute Gasteiger partial charge is 0.398 e. The first-order valence-electron chi connectivity index (χ1n) is 5.92. The highest BCUT2D eigenvalue weighted by atomic mass is 79.9. The van der Waals surface area contributed by atoms with Crippen molar-refractivity contribution in [2.75, 3.05) is 17.6 Å². The van der Waals surface area contributed by atoms with Crippen LogP contribution < -0.4 is 22.1 Å². The highest BCUT2D eigenvalue weighted by Crippen LogP contribution is 2.29. The van der Waals surface area contributed by atoms with Crippen molar-refractivity contribution in [3.8, 4) is 0 Å². The molecule has 0 spiro atoms. The number of rotatable bonds is 3. The molecule has 1 aliphatic heterocycles. The van der Waals surface area contributed by atoms with Crippen LogP contribution in [0.4, 0.5) is 11.4 Å². The Hall–Kier alpha value is -1.76. The van der Waals surface area contributed by atoms with Crippen LogP contribution in [0.25, 0.3) is 0 Å². The third-order valence-corrected chi connectivity index (χ3v) is 3.68. The zero-order valence-corrected chi connectivity index (χ0v) is 11.8. The third kappa shape index (κ3) is 2.98. The lowest BCUT2D eigenvalue weighted by atomic mass is 10.1. The minimum absolute atomic E-state index is 0.0457. The van der Waals surface area contributed by atoms with Gasteiger partial charge in [0.1, 0.15) is 6.04 Å². The van der Waals surface area contributed by atoms with E-state index < -0.39 is 5.91 Å². The van der Waals surface area contributed by atoms with Gasteiger partial charge in [0, 0.05) is 16.7 Å². The summed E-state index contributed by atoms with van der Waals surface area (Å²) in [5, 5.41) is 5.89. The number of carbonyl (C=O) groups excluding carboxylic acids is 2. The van der Waals surface area contributed by atoms with Gasteiger partial charge in [-0.15, -0.1) is 0 Å². The molecular formula is C12H15BrN4O2. The average Bonchev–Trinajstić information content (AvgIpc) is 2.34. The standard InChI is InChI=1S/C12H15BrN4O2/c13-7-5-8(14)6(11(15)18)4-10(7)17-9-2-1-3-16-12(9)19/h4-5,9,17H,1-3,14H2,(H2,15,18)(H,16,19). The number of nitrogen functional groups attached to an aromatic ring is 1. The van der Waals surface area contributed by atoms with Crippen molar-refractivity contribution in [1.29, 1.82) is 0 Å². The van der Waals surface area contributed by atoms with E-state index in [-0.39, 0.29) is 17.5 Å². The van der Waals surface area contributed by atoms with Crippen LogP contribution in [0.3, 0.4) is 0 Å². The summed E-state index contributed by atoms with van der Waals surface area (Å²) in [5.74, 6) is -0.642. The van der Waals surface area contributed by atoms with Gasteiger partial charge in [-0.1, -0.05) is 0 Å². The number of hydrogen-bond donors (Lipinski definition) is 4. The average molecular weight is 327 g/mol. The quantitative estimate of drug-likeness (QED) is 0.616. The third-order valence-electron chi connectivity index (χ3n) is 3.02. The first-order valence-corrected chi connectivity index (χ1v) is 6.71. The van der Waals surface area contributed by atoms with Gasteiger partial charge in [-0.3, -0.25) is 9.59 Å². The molecular weight excluding hydrogens is 312 g/mol. The van der Waals surface area contributed by atoms with Crippen molar-refractivity contribution in [3.63, 3.8) is 0 Å². The molecule has 2 rings (SSSR count). The molecule has 1 heterocycles. The maximum Gasteiger partial charge on any atom is 0.250 e. The molecule has 1 saturated heterocycles. The van der Waals surface area contributed by atoms with Gasteiger partial charge >= 0.3 is 0 Å². The van der Waals surface area contributed by atoms with Crippen LogP contribution in [0, 0.1) is 0 Å².